The number of imidazole rings is 1. The summed E-state index contributed by atoms with van der Waals surface area (Å²) >= 11 is 0. The van der Waals surface area contributed by atoms with Crippen LogP contribution < -0.4 is 11.2 Å². The zero-order chi connectivity index (χ0) is 14.1. The predicted octanol–water partition coefficient (Wildman–Crippen LogP) is 1.07. The zero-order valence-corrected chi connectivity index (χ0v) is 11.1. The average molecular weight is 269 g/mol. The van der Waals surface area contributed by atoms with Gasteiger partial charge >= 0.3 is 5.69 Å². The van der Waals surface area contributed by atoms with Crippen LogP contribution in [0, 0.1) is 5.41 Å². The van der Waals surface area contributed by atoms with Crippen LogP contribution in [0.3, 0.4) is 0 Å². The molecular formula is C14H15N5O. The molecule has 6 heteroatoms. The van der Waals surface area contributed by atoms with Gasteiger partial charge in [-0.25, -0.2) is 9.78 Å². The van der Waals surface area contributed by atoms with Crippen LogP contribution in [0.15, 0.2) is 41.5 Å². The van der Waals surface area contributed by atoms with Crippen molar-refractivity contribution in [2.24, 2.45) is 0 Å². The highest BCUT2D eigenvalue weighted by Crippen LogP contribution is 2.09. The molecular weight excluding hydrogens is 254 g/mol. The molecule has 0 bridgehead atoms. The summed E-state index contributed by atoms with van der Waals surface area (Å²) in [6.45, 7) is 3.07. The minimum atomic E-state index is -0.203. The molecule has 0 aliphatic heterocycles. The smallest absolute Gasteiger partial charge is 0.312 e. The molecule has 0 aliphatic carbocycles. The lowest BCUT2D eigenvalue weighted by atomic mass is 10.2. The normalized spacial score (nSPS) is 11.1. The number of hydrogen-bond acceptors (Lipinski definition) is 3. The van der Waals surface area contributed by atoms with Crippen LogP contribution in [0.1, 0.15) is 12.5 Å². The number of hydrogen-bond donors (Lipinski definition) is 2. The predicted molar refractivity (Wildman–Crippen MR) is 75.4 cm³/mol. The van der Waals surface area contributed by atoms with Crippen molar-refractivity contribution in [1.82, 2.24) is 19.1 Å². The maximum atomic E-state index is 11.9. The molecule has 6 nitrogen and oxygen atoms in total. The molecule has 0 radical (unpaired) electrons. The molecule has 0 saturated heterocycles. The van der Waals surface area contributed by atoms with Crippen LogP contribution in [-0.4, -0.2) is 19.1 Å². The van der Waals surface area contributed by atoms with Crippen molar-refractivity contribution in [2.45, 2.75) is 20.0 Å². The molecule has 2 N–H and O–H groups in total. The molecule has 0 aliphatic rings. The third kappa shape index (κ3) is 1.95. The van der Waals surface area contributed by atoms with E-state index in [4.69, 9.17) is 5.41 Å². The molecule has 0 unspecified atom stereocenters. The minimum Gasteiger partial charge on any atom is -0.312 e. The third-order valence-electron chi connectivity index (χ3n) is 3.30. The lowest BCUT2D eigenvalue weighted by Crippen LogP contribution is -2.18. The van der Waals surface area contributed by atoms with Crippen LogP contribution in [0.2, 0.25) is 0 Å². The van der Waals surface area contributed by atoms with Crippen molar-refractivity contribution in [1.29, 1.82) is 5.41 Å². The Hall–Kier alpha value is -2.63. The van der Waals surface area contributed by atoms with Gasteiger partial charge in [-0.05, 0) is 12.5 Å². The Morgan fingerprint density at radius 3 is 2.75 bits per heavy atom. The fraction of sp³-hybridized carbons (Fsp3) is 0.214. The highest BCUT2D eigenvalue weighted by atomic mass is 16.1. The van der Waals surface area contributed by atoms with Crippen molar-refractivity contribution in [2.75, 3.05) is 0 Å². The Labute approximate surface area is 114 Å². The lowest BCUT2D eigenvalue weighted by molar-refractivity contribution is 0.698. The third-order valence-corrected chi connectivity index (χ3v) is 3.30. The topological polar surface area (TPSA) is 79.5 Å². The monoisotopic (exact) mass is 269 g/mol. The van der Waals surface area contributed by atoms with E-state index in [9.17, 15) is 4.79 Å². The van der Waals surface area contributed by atoms with E-state index in [0.717, 1.165) is 5.56 Å². The Morgan fingerprint density at radius 1 is 1.30 bits per heavy atom. The fourth-order valence-electron chi connectivity index (χ4n) is 2.36. The van der Waals surface area contributed by atoms with Gasteiger partial charge in [-0.3, -0.25) is 9.98 Å². The van der Waals surface area contributed by atoms with Gasteiger partial charge in [0.15, 0.2) is 5.49 Å². The van der Waals surface area contributed by atoms with Crippen molar-refractivity contribution < 1.29 is 0 Å². The van der Waals surface area contributed by atoms with E-state index in [0.29, 0.717) is 24.3 Å². The zero-order valence-electron chi connectivity index (χ0n) is 11.1. The number of nitrogens with zero attached hydrogens (tertiary/aromatic N) is 3. The van der Waals surface area contributed by atoms with Gasteiger partial charge in [0.2, 0.25) is 0 Å². The van der Waals surface area contributed by atoms with Crippen LogP contribution in [0.25, 0.3) is 11.2 Å². The fourth-order valence-corrected chi connectivity index (χ4v) is 2.36. The molecule has 102 valence electrons. The number of benzene rings is 1. The minimum absolute atomic E-state index is 0.0913. The van der Waals surface area contributed by atoms with Crippen molar-refractivity contribution in [3.8, 4) is 0 Å². The van der Waals surface area contributed by atoms with Gasteiger partial charge in [-0.1, -0.05) is 30.3 Å². The Bertz CT molecular complexity index is 857. The summed E-state index contributed by atoms with van der Waals surface area (Å²) in [5.74, 6) is 0. The Morgan fingerprint density at radius 2 is 2.05 bits per heavy atom. The van der Waals surface area contributed by atoms with Crippen molar-refractivity contribution in [3.05, 3.63) is 58.2 Å². The number of nitrogens with one attached hydrogen (secondary N) is 2. The second-order valence-corrected chi connectivity index (χ2v) is 4.58. The van der Waals surface area contributed by atoms with Crippen LogP contribution in [0.4, 0.5) is 0 Å². The number of aryl methyl sites for hydroxylation is 1. The van der Waals surface area contributed by atoms with E-state index < -0.39 is 0 Å². The molecule has 0 amide bonds. The van der Waals surface area contributed by atoms with Gasteiger partial charge in [-0.2, -0.15) is 0 Å². The first-order valence-corrected chi connectivity index (χ1v) is 6.47. The molecule has 2 heterocycles. The number of aromatic nitrogens is 4. The highest BCUT2D eigenvalue weighted by molar-refractivity contribution is 5.69. The molecule has 3 rings (SSSR count). The first-order chi connectivity index (χ1) is 9.70. The summed E-state index contributed by atoms with van der Waals surface area (Å²) in [7, 11) is 0. The SMILES string of the molecule is CCn1c(=O)[nH]c2c(=N)ncn(Cc3ccccc3)c21. The second-order valence-electron chi connectivity index (χ2n) is 4.58. The highest BCUT2D eigenvalue weighted by Gasteiger charge is 2.11. The number of aromatic amines is 1. The summed E-state index contributed by atoms with van der Waals surface area (Å²) in [6.07, 6.45) is 1.61. The summed E-state index contributed by atoms with van der Waals surface area (Å²) in [6, 6.07) is 9.96. The van der Waals surface area contributed by atoms with E-state index in [1.807, 2.05) is 41.8 Å². The Kier molecular flexibility index (Phi) is 2.98. The van der Waals surface area contributed by atoms with Gasteiger partial charge in [0.25, 0.3) is 0 Å². The first-order valence-electron chi connectivity index (χ1n) is 6.47. The molecule has 2 aromatic heterocycles. The maximum absolute atomic E-state index is 11.9. The molecule has 3 aromatic rings. The van der Waals surface area contributed by atoms with E-state index in [1.165, 1.54) is 0 Å². The quantitative estimate of drug-likeness (QED) is 0.746. The van der Waals surface area contributed by atoms with Crippen LogP contribution in [0.5, 0.6) is 0 Å². The van der Waals surface area contributed by atoms with E-state index in [1.54, 1.807) is 10.9 Å². The lowest BCUT2D eigenvalue weighted by Gasteiger charge is -2.10. The van der Waals surface area contributed by atoms with Gasteiger partial charge in [0.05, 0.1) is 12.9 Å². The first kappa shape index (κ1) is 12.4. The molecule has 20 heavy (non-hydrogen) atoms. The summed E-state index contributed by atoms with van der Waals surface area (Å²) < 4.78 is 3.52. The number of rotatable bonds is 3. The molecule has 1 aromatic carbocycles. The molecule has 0 spiro atoms. The standard InChI is InChI=1S/C14H15N5O/c1-2-19-13-11(17-14(19)20)12(15)16-9-18(13)8-10-6-4-3-5-7-10/h3-7,9,15H,2,8H2,1H3,(H,17,20). The van der Waals surface area contributed by atoms with Gasteiger partial charge in [0.1, 0.15) is 11.2 Å². The van der Waals surface area contributed by atoms with E-state index in [2.05, 4.69) is 9.97 Å². The summed E-state index contributed by atoms with van der Waals surface area (Å²) in [5, 5.41) is 7.82. The molecule has 0 atom stereocenters. The Balaban J connectivity index is 2.23. The van der Waals surface area contributed by atoms with Crippen LogP contribution >= 0.6 is 0 Å². The van der Waals surface area contributed by atoms with Crippen molar-refractivity contribution >= 4 is 11.2 Å². The maximum Gasteiger partial charge on any atom is 0.327 e. The van der Waals surface area contributed by atoms with Gasteiger partial charge < -0.3 is 9.55 Å². The van der Waals surface area contributed by atoms with Gasteiger partial charge in [-0.15, -0.1) is 0 Å². The summed E-state index contributed by atoms with van der Waals surface area (Å²) in [5.41, 5.74) is 2.20. The molecule has 0 fully saturated rings. The largest absolute Gasteiger partial charge is 0.327 e. The molecule has 0 saturated carbocycles. The van der Waals surface area contributed by atoms with Crippen molar-refractivity contribution in [3.63, 3.8) is 0 Å². The van der Waals surface area contributed by atoms with E-state index >= 15 is 0 Å². The van der Waals surface area contributed by atoms with E-state index in [-0.39, 0.29) is 11.2 Å². The second kappa shape index (κ2) is 4.80. The average Bonchev–Trinajstić information content (AvgIpc) is 2.81. The number of H-pyrrole nitrogens is 1. The number of fused-ring (bicyclic) bond motifs is 1. The van der Waals surface area contributed by atoms with Gasteiger partial charge in [0, 0.05) is 6.54 Å². The summed E-state index contributed by atoms with van der Waals surface area (Å²) in [4.78, 5) is 18.7. The van der Waals surface area contributed by atoms with Crippen LogP contribution in [-0.2, 0) is 13.1 Å².